The van der Waals surface area contributed by atoms with E-state index in [9.17, 15) is 19.8 Å². The molecule has 0 aromatic heterocycles. The highest BCUT2D eigenvalue weighted by Crippen LogP contribution is 2.23. The predicted octanol–water partition coefficient (Wildman–Crippen LogP) is 3.18. The number of rotatable bonds is 8. The van der Waals surface area contributed by atoms with Gasteiger partial charge in [-0.3, -0.25) is 4.79 Å². The highest BCUT2D eigenvalue weighted by Gasteiger charge is 2.30. The SMILES string of the molecule is O=C(NC(C(=O)O)C(O)c1cccc(OCc2ccccc2)c1)c1ccccc1. The van der Waals surface area contributed by atoms with Crippen LogP contribution in [0.5, 0.6) is 5.75 Å². The molecule has 0 saturated carbocycles. The molecule has 3 N–H and O–H groups in total. The summed E-state index contributed by atoms with van der Waals surface area (Å²) < 4.78 is 5.73. The van der Waals surface area contributed by atoms with E-state index in [1.54, 1.807) is 54.6 Å². The Labute approximate surface area is 168 Å². The van der Waals surface area contributed by atoms with Crippen molar-refractivity contribution in [3.8, 4) is 5.75 Å². The van der Waals surface area contributed by atoms with E-state index in [0.717, 1.165) is 5.56 Å². The van der Waals surface area contributed by atoms with Crippen LogP contribution in [0.4, 0.5) is 0 Å². The number of benzene rings is 3. The first-order chi connectivity index (χ1) is 14.0. The molecule has 0 aliphatic heterocycles. The van der Waals surface area contributed by atoms with Crippen molar-refractivity contribution in [1.29, 1.82) is 0 Å². The first-order valence-corrected chi connectivity index (χ1v) is 9.08. The molecule has 0 saturated heterocycles. The number of hydrogen-bond acceptors (Lipinski definition) is 4. The zero-order chi connectivity index (χ0) is 20.6. The van der Waals surface area contributed by atoms with Gasteiger partial charge in [0, 0.05) is 5.56 Å². The van der Waals surface area contributed by atoms with E-state index in [1.165, 1.54) is 0 Å². The standard InChI is InChI=1S/C23H21NO5/c25-21(20(23(27)28)24-22(26)17-10-5-2-6-11-17)18-12-7-13-19(14-18)29-15-16-8-3-1-4-9-16/h1-14,20-21,25H,15H2,(H,24,26)(H,27,28). The topological polar surface area (TPSA) is 95.9 Å². The van der Waals surface area contributed by atoms with E-state index < -0.39 is 24.0 Å². The van der Waals surface area contributed by atoms with E-state index in [-0.39, 0.29) is 0 Å². The maximum atomic E-state index is 12.3. The molecule has 3 aromatic rings. The number of amides is 1. The number of carbonyl (C=O) groups excluding carboxylic acids is 1. The number of aliphatic hydroxyl groups excluding tert-OH is 1. The molecular weight excluding hydrogens is 370 g/mol. The Hall–Kier alpha value is -3.64. The molecule has 0 spiro atoms. The van der Waals surface area contributed by atoms with Crippen molar-refractivity contribution in [3.63, 3.8) is 0 Å². The number of aliphatic hydroxyl groups is 1. The number of nitrogens with one attached hydrogen (secondary N) is 1. The van der Waals surface area contributed by atoms with Gasteiger partial charge in [-0.15, -0.1) is 0 Å². The monoisotopic (exact) mass is 391 g/mol. The average molecular weight is 391 g/mol. The minimum atomic E-state index is -1.51. The van der Waals surface area contributed by atoms with Crippen molar-refractivity contribution < 1.29 is 24.5 Å². The Bertz CT molecular complexity index is 959. The number of carboxylic acids is 1. The van der Waals surface area contributed by atoms with Gasteiger partial charge >= 0.3 is 5.97 Å². The Kier molecular flexibility index (Phi) is 6.60. The fourth-order valence-electron chi connectivity index (χ4n) is 2.81. The van der Waals surface area contributed by atoms with Gasteiger partial charge < -0.3 is 20.3 Å². The van der Waals surface area contributed by atoms with E-state index in [1.807, 2.05) is 30.3 Å². The minimum Gasteiger partial charge on any atom is -0.489 e. The van der Waals surface area contributed by atoms with Crippen LogP contribution in [0.3, 0.4) is 0 Å². The summed E-state index contributed by atoms with van der Waals surface area (Å²) in [6.45, 7) is 0.341. The van der Waals surface area contributed by atoms with E-state index in [0.29, 0.717) is 23.5 Å². The quantitative estimate of drug-likeness (QED) is 0.548. The summed E-state index contributed by atoms with van der Waals surface area (Å²) in [6, 6.07) is 22.9. The van der Waals surface area contributed by atoms with Gasteiger partial charge in [0.25, 0.3) is 5.91 Å². The largest absolute Gasteiger partial charge is 0.489 e. The summed E-state index contributed by atoms with van der Waals surface area (Å²) in [5.74, 6) is -1.42. The molecular formula is C23H21NO5. The Morgan fingerprint density at radius 3 is 2.21 bits per heavy atom. The lowest BCUT2D eigenvalue weighted by molar-refractivity contribution is -0.142. The second-order valence-corrected chi connectivity index (χ2v) is 6.45. The number of carboxylic acid groups (broad SMARTS) is 1. The van der Waals surface area contributed by atoms with Crippen LogP contribution in [0.1, 0.15) is 27.6 Å². The molecule has 0 bridgehead atoms. The highest BCUT2D eigenvalue weighted by molar-refractivity contribution is 5.96. The smallest absolute Gasteiger partial charge is 0.329 e. The van der Waals surface area contributed by atoms with Gasteiger partial charge in [0.05, 0.1) is 0 Å². The summed E-state index contributed by atoms with van der Waals surface area (Å²) >= 11 is 0. The van der Waals surface area contributed by atoms with Gasteiger partial charge in [-0.05, 0) is 35.4 Å². The molecule has 0 radical (unpaired) electrons. The van der Waals surface area contributed by atoms with Gasteiger partial charge in [0.2, 0.25) is 0 Å². The zero-order valence-corrected chi connectivity index (χ0v) is 15.6. The molecule has 0 aliphatic carbocycles. The van der Waals surface area contributed by atoms with Crippen molar-refractivity contribution in [3.05, 3.63) is 102 Å². The fourth-order valence-corrected chi connectivity index (χ4v) is 2.81. The zero-order valence-electron chi connectivity index (χ0n) is 15.6. The Morgan fingerprint density at radius 1 is 0.897 bits per heavy atom. The number of hydrogen-bond donors (Lipinski definition) is 3. The molecule has 1 amide bonds. The first-order valence-electron chi connectivity index (χ1n) is 9.08. The molecule has 6 heteroatoms. The molecule has 0 aliphatic rings. The summed E-state index contributed by atoms with van der Waals surface area (Å²) in [6.07, 6.45) is -1.44. The summed E-state index contributed by atoms with van der Waals surface area (Å²) in [5, 5.41) is 22.5. The summed E-state index contributed by atoms with van der Waals surface area (Å²) in [4.78, 5) is 24.0. The second kappa shape index (κ2) is 9.52. The van der Waals surface area contributed by atoms with Crippen LogP contribution in [-0.4, -0.2) is 28.1 Å². The van der Waals surface area contributed by atoms with Crippen LogP contribution in [0.25, 0.3) is 0 Å². The fraction of sp³-hybridized carbons (Fsp3) is 0.130. The van der Waals surface area contributed by atoms with Gasteiger partial charge in [-0.1, -0.05) is 60.7 Å². The third-order valence-corrected chi connectivity index (χ3v) is 4.35. The normalized spacial score (nSPS) is 12.6. The van der Waals surface area contributed by atoms with E-state index >= 15 is 0 Å². The molecule has 29 heavy (non-hydrogen) atoms. The van der Waals surface area contributed by atoms with Crippen molar-refractivity contribution in [1.82, 2.24) is 5.32 Å². The van der Waals surface area contributed by atoms with Gasteiger partial charge in [0.15, 0.2) is 6.04 Å². The second-order valence-electron chi connectivity index (χ2n) is 6.45. The van der Waals surface area contributed by atoms with Crippen molar-refractivity contribution in [2.75, 3.05) is 0 Å². The lowest BCUT2D eigenvalue weighted by Gasteiger charge is -2.21. The van der Waals surface area contributed by atoms with Crippen LogP contribution in [0.2, 0.25) is 0 Å². The van der Waals surface area contributed by atoms with E-state index in [4.69, 9.17) is 4.74 Å². The van der Waals surface area contributed by atoms with E-state index in [2.05, 4.69) is 5.32 Å². The van der Waals surface area contributed by atoms with Crippen LogP contribution in [-0.2, 0) is 11.4 Å². The van der Waals surface area contributed by atoms with Gasteiger partial charge in [-0.25, -0.2) is 4.79 Å². The molecule has 3 rings (SSSR count). The predicted molar refractivity (Wildman–Crippen MR) is 108 cm³/mol. The Morgan fingerprint density at radius 2 is 1.55 bits per heavy atom. The lowest BCUT2D eigenvalue weighted by Crippen LogP contribution is -2.45. The molecule has 2 unspecified atom stereocenters. The third kappa shape index (κ3) is 5.43. The molecule has 6 nitrogen and oxygen atoms in total. The minimum absolute atomic E-state index is 0.311. The molecule has 3 aromatic carbocycles. The maximum absolute atomic E-state index is 12.3. The third-order valence-electron chi connectivity index (χ3n) is 4.35. The first kappa shape index (κ1) is 20.1. The van der Waals surface area contributed by atoms with Crippen LogP contribution >= 0.6 is 0 Å². The Balaban J connectivity index is 1.71. The molecule has 0 fully saturated rings. The molecule has 0 heterocycles. The summed E-state index contributed by atoms with van der Waals surface area (Å²) in [5.41, 5.74) is 1.62. The van der Waals surface area contributed by atoms with Crippen molar-refractivity contribution in [2.24, 2.45) is 0 Å². The molecule has 2 atom stereocenters. The number of aliphatic carboxylic acids is 1. The van der Waals surface area contributed by atoms with Gasteiger partial charge in [0.1, 0.15) is 18.5 Å². The number of ether oxygens (including phenoxy) is 1. The van der Waals surface area contributed by atoms with Gasteiger partial charge in [-0.2, -0.15) is 0 Å². The molecule has 148 valence electrons. The average Bonchev–Trinajstić information content (AvgIpc) is 2.76. The van der Waals surface area contributed by atoms with Crippen molar-refractivity contribution >= 4 is 11.9 Å². The van der Waals surface area contributed by atoms with Crippen molar-refractivity contribution in [2.45, 2.75) is 18.8 Å². The maximum Gasteiger partial charge on any atom is 0.329 e. The van der Waals surface area contributed by atoms with Crippen LogP contribution in [0, 0.1) is 0 Å². The lowest BCUT2D eigenvalue weighted by atomic mass is 10.0. The highest BCUT2D eigenvalue weighted by atomic mass is 16.5. The van der Waals surface area contributed by atoms with Crippen LogP contribution in [0.15, 0.2) is 84.9 Å². The number of carbonyl (C=O) groups is 2. The summed E-state index contributed by atoms with van der Waals surface area (Å²) in [7, 11) is 0. The van der Waals surface area contributed by atoms with Crippen LogP contribution < -0.4 is 10.1 Å².